The van der Waals surface area contributed by atoms with Crippen molar-refractivity contribution in [3.63, 3.8) is 0 Å². The summed E-state index contributed by atoms with van der Waals surface area (Å²) in [7, 11) is 0. The van der Waals surface area contributed by atoms with E-state index in [9.17, 15) is 15.3 Å². The summed E-state index contributed by atoms with van der Waals surface area (Å²) >= 11 is 0. The van der Waals surface area contributed by atoms with E-state index in [1.165, 1.54) is 0 Å². The number of hydrogen-bond donors (Lipinski definition) is 3. The Hall–Kier alpha value is -2.28. The van der Waals surface area contributed by atoms with Gasteiger partial charge in [-0.05, 0) is 28.8 Å². The molecule has 5 atom stereocenters. The molecule has 0 unspecified atom stereocenters. The molecule has 1 fully saturated rings. The fourth-order valence-corrected chi connectivity index (χ4v) is 4.52. The third-order valence-corrected chi connectivity index (χ3v) is 6.18. The van der Waals surface area contributed by atoms with E-state index in [0.717, 1.165) is 21.9 Å². The molecule has 3 aromatic rings. The monoisotopic (exact) mass is 407 g/mol. The van der Waals surface area contributed by atoms with Crippen LogP contribution in [0.3, 0.4) is 0 Å². The van der Waals surface area contributed by atoms with Gasteiger partial charge < -0.3 is 20.1 Å². The SMILES string of the molecule is C[C@H](c1cccc2ccccc12)N1C[C@@H](O)[C@H](O)[C@H](OCc2ccccc2)[C@H]1CO. The van der Waals surface area contributed by atoms with Crippen LogP contribution in [0.2, 0.25) is 0 Å². The van der Waals surface area contributed by atoms with E-state index in [0.29, 0.717) is 6.61 Å². The standard InChI is InChI=1S/C25H29NO4/c1-17(20-13-7-11-19-10-5-6-12-21(19)20)26-14-23(28)24(29)25(22(26)15-27)30-16-18-8-3-2-4-9-18/h2-13,17,22-25,27-29H,14-16H2,1H3/t17-,22-,23-,24+,25-/m1/s1. The number of aliphatic hydroxyl groups excluding tert-OH is 3. The first-order valence-electron chi connectivity index (χ1n) is 10.5. The van der Waals surface area contributed by atoms with Crippen LogP contribution in [0.15, 0.2) is 72.8 Å². The van der Waals surface area contributed by atoms with Gasteiger partial charge in [-0.2, -0.15) is 0 Å². The highest BCUT2D eigenvalue weighted by Crippen LogP contribution is 2.34. The number of β-amino-alcohol motifs (C(OH)–C–C–N with tert-alkyl or cyclic N) is 1. The second-order valence-electron chi connectivity index (χ2n) is 8.01. The summed E-state index contributed by atoms with van der Waals surface area (Å²) in [5.41, 5.74) is 2.10. The Labute approximate surface area is 177 Å². The molecule has 0 aromatic heterocycles. The van der Waals surface area contributed by atoms with Gasteiger partial charge in [-0.25, -0.2) is 0 Å². The number of aliphatic hydroxyl groups is 3. The van der Waals surface area contributed by atoms with Gasteiger partial charge >= 0.3 is 0 Å². The van der Waals surface area contributed by atoms with Crippen molar-refractivity contribution in [3.8, 4) is 0 Å². The summed E-state index contributed by atoms with van der Waals surface area (Å²) in [6.45, 7) is 2.48. The van der Waals surface area contributed by atoms with Crippen LogP contribution in [-0.4, -0.2) is 57.7 Å². The maximum absolute atomic E-state index is 10.6. The summed E-state index contributed by atoms with van der Waals surface area (Å²) in [6.07, 6.45) is -2.70. The van der Waals surface area contributed by atoms with Crippen LogP contribution in [0, 0.1) is 0 Å². The van der Waals surface area contributed by atoms with Gasteiger partial charge in [0.25, 0.3) is 0 Å². The van der Waals surface area contributed by atoms with E-state index in [4.69, 9.17) is 4.74 Å². The van der Waals surface area contributed by atoms with E-state index in [1.54, 1.807) is 0 Å². The lowest BCUT2D eigenvalue weighted by molar-refractivity contribution is -0.177. The fraction of sp³-hybridized carbons (Fsp3) is 0.360. The third-order valence-electron chi connectivity index (χ3n) is 6.18. The van der Waals surface area contributed by atoms with Gasteiger partial charge in [0.05, 0.1) is 25.4 Å². The van der Waals surface area contributed by atoms with Crippen molar-refractivity contribution in [3.05, 3.63) is 83.9 Å². The molecular formula is C25H29NO4. The zero-order chi connectivity index (χ0) is 21.1. The Bertz CT molecular complexity index is 958. The van der Waals surface area contributed by atoms with Gasteiger partial charge in [0.1, 0.15) is 12.2 Å². The van der Waals surface area contributed by atoms with Gasteiger partial charge in [0, 0.05) is 12.6 Å². The van der Waals surface area contributed by atoms with Crippen LogP contribution >= 0.6 is 0 Å². The van der Waals surface area contributed by atoms with E-state index >= 15 is 0 Å². The van der Waals surface area contributed by atoms with Crippen LogP contribution in [0.25, 0.3) is 10.8 Å². The molecule has 0 saturated carbocycles. The van der Waals surface area contributed by atoms with Crippen molar-refractivity contribution in [2.24, 2.45) is 0 Å². The number of ether oxygens (including phenoxy) is 1. The zero-order valence-electron chi connectivity index (χ0n) is 17.1. The van der Waals surface area contributed by atoms with E-state index < -0.39 is 24.4 Å². The fourth-order valence-electron chi connectivity index (χ4n) is 4.52. The molecule has 30 heavy (non-hydrogen) atoms. The molecule has 3 N–H and O–H groups in total. The molecule has 5 nitrogen and oxygen atoms in total. The Balaban J connectivity index is 1.61. The van der Waals surface area contributed by atoms with Crippen molar-refractivity contribution in [1.29, 1.82) is 0 Å². The third kappa shape index (κ3) is 4.13. The van der Waals surface area contributed by atoms with Crippen molar-refractivity contribution in [1.82, 2.24) is 4.90 Å². The molecule has 158 valence electrons. The summed E-state index contributed by atoms with van der Waals surface area (Å²) in [6, 6.07) is 23.6. The molecule has 4 rings (SSSR count). The summed E-state index contributed by atoms with van der Waals surface area (Å²) < 4.78 is 6.05. The molecule has 0 radical (unpaired) electrons. The predicted octanol–water partition coefficient (Wildman–Crippen LogP) is 2.88. The second kappa shape index (κ2) is 9.25. The lowest BCUT2D eigenvalue weighted by Gasteiger charge is -2.47. The number of benzene rings is 3. The first-order valence-corrected chi connectivity index (χ1v) is 10.5. The lowest BCUT2D eigenvalue weighted by Crippen LogP contribution is -2.63. The van der Waals surface area contributed by atoms with Gasteiger partial charge in [-0.15, -0.1) is 0 Å². The Morgan fingerprint density at radius 3 is 2.43 bits per heavy atom. The number of rotatable bonds is 6. The van der Waals surface area contributed by atoms with Crippen LogP contribution in [0.1, 0.15) is 24.1 Å². The van der Waals surface area contributed by atoms with Crippen LogP contribution < -0.4 is 0 Å². The molecular weight excluding hydrogens is 378 g/mol. The van der Waals surface area contributed by atoms with Gasteiger partial charge in [0.15, 0.2) is 0 Å². The lowest BCUT2D eigenvalue weighted by atomic mass is 9.90. The van der Waals surface area contributed by atoms with Crippen molar-refractivity contribution in [2.45, 2.75) is 43.9 Å². The van der Waals surface area contributed by atoms with Crippen LogP contribution in [0.4, 0.5) is 0 Å². The number of piperidine rings is 1. The molecule has 1 aliphatic rings. The first kappa shape index (κ1) is 21.0. The van der Waals surface area contributed by atoms with E-state index in [-0.39, 0.29) is 19.2 Å². The van der Waals surface area contributed by atoms with Crippen molar-refractivity contribution < 1.29 is 20.1 Å². The van der Waals surface area contributed by atoms with Crippen LogP contribution in [-0.2, 0) is 11.3 Å². The maximum Gasteiger partial charge on any atom is 0.109 e. The predicted molar refractivity (Wildman–Crippen MR) is 117 cm³/mol. The number of nitrogens with zero attached hydrogens (tertiary/aromatic N) is 1. The van der Waals surface area contributed by atoms with Gasteiger partial charge in [-0.3, -0.25) is 4.90 Å². The molecule has 1 saturated heterocycles. The molecule has 1 aliphatic heterocycles. The number of hydrogen-bond acceptors (Lipinski definition) is 5. The van der Waals surface area contributed by atoms with E-state index in [2.05, 4.69) is 36.1 Å². The van der Waals surface area contributed by atoms with Crippen LogP contribution in [0.5, 0.6) is 0 Å². The highest BCUT2D eigenvalue weighted by Gasteiger charge is 2.44. The Morgan fingerprint density at radius 2 is 1.67 bits per heavy atom. The summed E-state index contributed by atoms with van der Waals surface area (Å²) in [5.74, 6) is 0. The van der Waals surface area contributed by atoms with Crippen molar-refractivity contribution in [2.75, 3.05) is 13.2 Å². The normalized spacial score (nSPS) is 26.0. The average Bonchev–Trinajstić information content (AvgIpc) is 2.79. The first-order chi connectivity index (χ1) is 14.6. The number of fused-ring (bicyclic) bond motifs is 1. The quantitative estimate of drug-likeness (QED) is 0.586. The topological polar surface area (TPSA) is 73.2 Å². The molecule has 0 amide bonds. The summed E-state index contributed by atoms with van der Waals surface area (Å²) in [4.78, 5) is 2.05. The highest BCUT2D eigenvalue weighted by molar-refractivity contribution is 5.86. The molecule has 1 heterocycles. The highest BCUT2D eigenvalue weighted by atomic mass is 16.5. The molecule has 0 bridgehead atoms. The summed E-state index contributed by atoms with van der Waals surface area (Å²) in [5, 5.41) is 33.8. The number of likely N-dealkylation sites (tertiary alicyclic amines) is 1. The van der Waals surface area contributed by atoms with E-state index in [1.807, 2.05) is 48.5 Å². The molecule has 5 heteroatoms. The minimum absolute atomic E-state index is 0.0711. The Kier molecular flexibility index (Phi) is 6.46. The second-order valence-corrected chi connectivity index (χ2v) is 8.01. The minimum Gasteiger partial charge on any atom is -0.395 e. The molecule has 0 aliphatic carbocycles. The average molecular weight is 408 g/mol. The maximum atomic E-state index is 10.6. The zero-order valence-corrected chi connectivity index (χ0v) is 17.1. The van der Waals surface area contributed by atoms with Crippen molar-refractivity contribution >= 4 is 10.8 Å². The Morgan fingerprint density at radius 1 is 0.967 bits per heavy atom. The molecule has 0 spiro atoms. The van der Waals surface area contributed by atoms with Gasteiger partial charge in [0.2, 0.25) is 0 Å². The minimum atomic E-state index is -1.05. The molecule has 3 aromatic carbocycles. The largest absolute Gasteiger partial charge is 0.395 e. The smallest absolute Gasteiger partial charge is 0.109 e. The van der Waals surface area contributed by atoms with Gasteiger partial charge in [-0.1, -0.05) is 72.8 Å².